The summed E-state index contributed by atoms with van der Waals surface area (Å²) in [5.74, 6) is -1.81. The number of benzene rings is 2. The summed E-state index contributed by atoms with van der Waals surface area (Å²) in [4.78, 5) is 28.8. The van der Waals surface area contributed by atoms with E-state index in [1.165, 1.54) is 19.2 Å². The van der Waals surface area contributed by atoms with Crippen LogP contribution in [0.4, 0.5) is 13.2 Å². The van der Waals surface area contributed by atoms with Crippen molar-refractivity contribution in [2.45, 2.75) is 37.3 Å². The van der Waals surface area contributed by atoms with Gasteiger partial charge in [-0.2, -0.15) is 13.2 Å². The van der Waals surface area contributed by atoms with Crippen molar-refractivity contribution < 1.29 is 38.0 Å². The first-order chi connectivity index (χ1) is 19.5. The van der Waals surface area contributed by atoms with E-state index in [-0.39, 0.29) is 46.9 Å². The van der Waals surface area contributed by atoms with Gasteiger partial charge in [-0.05, 0) is 66.5 Å². The Balaban J connectivity index is 1.41. The molecule has 2 atom stereocenters. The van der Waals surface area contributed by atoms with Gasteiger partial charge in [-0.25, -0.2) is 9.78 Å². The molecule has 1 aromatic heterocycles. The quantitative estimate of drug-likeness (QED) is 0.223. The minimum atomic E-state index is -4.74. The van der Waals surface area contributed by atoms with Crippen LogP contribution in [-0.4, -0.2) is 30.5 Å². The van der Waals surface area contributed by atoms with Crippen molar-refractivity contribution in [3.63, 3.8) is 0 Å². The normalized spacial score (nSPS) is 18.9. The zero-order chi connectivity index (χ0) is 29.5. The maximum absolute atomic E-state index is 14.2. The van der Waals surface area contributed by atoms with Crippen LogP contribution < -0.4 is 10.5 Å². The number of Topliss-reactive ketones (excluding diaryl/α,β-unsaturated/α-hetero) is 1. The third-order valence-electron chi connectivity index (χ3n) is 7.33. The number of methoxy groups -OCH3 is 1. The van der Waals surface area contributed by atoms with Crippen LogP contribution in [0.25, 0.3) is 5.70 Å². The summed E-state index contributed by atoms with van der Waals surface area (Å²) >= 11 is 12.7. The molecular weight excluding hydrogens is 580 g/mol. The molecule has 2 saturated carbocycles. The molecule has 0 spiro atoms. The molecule has 2 fully saturated rings. The molecular formula is C30H26Cl2F3N2O4+. The zero-order valence-corrected chi connectivity index (χ0v) is 23.4. The lowest BCUT2D eigenvalue weighted by Crippen LogP contribution is -2.48. The number of quaternary nitrogens is 1. The predicted molar refractivity (Wildman–Crippen MR) is 147 cm³/mol. The molecule has 0 saturated heterocycles. The molecule has 2 unspecified atom stereocenters. The third kappa shape index (κ3) is 6.27. The number of hydrogen-bond acceptors (Lipinski definition) is 5. The van der Waals surface area contributed by atoms with E-state index >= 15 is 0 Å². The van der Waals surface area contributed by atoms with Gasteiger partial charge in [0.15, 0.2) is 11.5 Å². The lowest BCUT2D eigenvalue weighted by Gasteiger charge is -2.15. The minimum Gasteiger partial charge on any atom is -0.472 e. The topological polar surface area (TPSA) is 93.1 Å². The summed E-state index contributed by atoms with van der Waals surface area (Å²) in [5.41, 5.74) is 4.93. The Morgan fingerprint density at radius 2 is 1.71 bits per heavy atom. The largest absolute Gasteiger partial charge is 0.472 e. The van der Waals surface area contributed by atoms with Gasteiger partial charge in [0.25, 0.3) is 0 Å². The van der Waals surface area contributed by atoms with Gasteiger partial charge in [-0.1, -0.05) is 47.5 Å². The highest BCUT2D eigenvalue weighted by Crippen LogP contribution is 2.56. The molecule has 0 radical (unpaired) electrons. The molecule has 11 heteroatoms. The zero-order valence-electron chi connectivity index (χ0n) is 21.9. The second-order valence-electron chi connectivity index (χ2n) is 10.1. The van der Waals surface area contributed by atoms with Gasteiger partial charge >= 0.3 is 12.1 Å². The van der Waals surface area contributed by atoms with Crippen molar-refractivity contribution in [2.24, 2.45) is 5.92 Å². The smallest absolute Gasteiger partial charge is 0.433 e. The van der Waals surface area contributed by atoms with Crippen molar-refractivity contribution in [3.8, 4) is 5.88 Å². The number of carbonyl (C=O) groups excluding carboxylic acids is 2. The predicted octanol–water partition coefficient (Wildman–Crippen LogP) is 6.48. The van der Waals surface area contributed by atoms with Crippen LogP contribution in [0.3, 0.4) is 0 Å². The number of halogens is 5. The fraction of sp³-hybridized carbons (Fsp3) is 0.300. The maximum Gasteiger partial charge on any atom is 0.433 e. The Kier molecular flexibility index (Phi) is 8.14. The Bertz CT molecular complexity index is 1530. The van der Waals surface area contributed by atoms with Crippen molar-refractivity contribution in [1.29, 1.82) is 0 Å². The SMILES string of the molecule is COC(=O)c1cccc(C2CC2c2ccc(OCC(C(=O)C3CC3)=C([NH3+])c3c(Cl)cccc3Cl)nc2C(F)(F)F)c1. The molecule has 6 nitrogen and oxygen atoms in total. The third-order valence-corrected chi connectivity index (χ3v) is 7.96. The summed E-state index contributed by atoms with van der Waals surface area (Å²) in [7, 11) is 1.27. The molecule has 1 heterocycles. The van der Waals surface area contributed by atoms with Gasteiger partial charge in [-0.3, -0.25) is 4.79 Å². The average Bonchev–Trinajstić information content (AvgIpc) is 3.86. The number of alkyl halides is 3. The molecule has 5 rings (SSSR count). The first-order valence-corrected chi connectivity index (χ1v) is 13.7. The van der Waals surface area contributed by atoms with Gasteiger partial charge in [0.1, 0.15) is 12.3 Å². The molecule has 0 aliphatic heterocycles. The molecule has 2 aliphatic rings. The highest BCUT2D eigenvalue weighted by molar-refractivity contribution is 6.37. The summed E-state index contributed by atoms with van der Waals surface area (Å²) < 4.78 is 52.9. The van der Waals surface area contributed by atoms with Crippen LogP contribution >= 0.6 is 23.2 Å². The first-order valence-electron chi connectivity index (χ1n) is 12.9. The van der Waals surface area contributed by atoms with Crippen LogP contribution in [0.15, 0.2) is 60.2 Å². The highest BCUT2D eigenvalue weighted by Gasteiger charge is 2.46. The Labute approximate surface area is 244 Å². The summed E-state index contributed by atoms with van der Waals surface area (Å²) in [6.45, 7) is -0.342. The van der Waals surface area contributed by atoms with E-state index in [0.717, 1.165) is 5.56 Å². The van der Waals surface area contributed by atoms with Gasteiger partial charge in [0.05, 0.1) is 33.9 Å². The van der Waals surface area contributed by atoms with Crippen molar-refractivity contribution in [3.05, 3.63) is 98.2 Å². The monoisotopic (exact) mass is 605 g/mol. The number of ether oxygens (including phenoxy) is 2. The average molecular weight is 606 g/mol. The minimum absolute atomic E-state index is 0.0452. The van der Waals surface area contributed by atoms with Crippen LogP contribution in [0.5, 0.6) is 5.88 Å². The highest BCUT2D eigenvalue weighted by atomic mass is 35.5. The summed E-state index contributed by atoms with van der Waals surface area (Å²) in [6.07, 6.45) is -2.84. The number of esters is 1. The molecule has 41 heavy (non-hydrogen) atoms. The molecule has 2 aromatic carbocycles. The molecule has 214 valence electrons. The fourth-order valence-electron chi connectivity index (χ4n) is 4.96. The second-order valence-corrected chi connectivity index (χ2v) is 10.9. The van der Waals surface area contributed by atoms with E-state index in [4.69, 9.17) is 32.7 Å². The number of nitrogens with zero attached hydrogens (tertiary/aromatic N) is 1. The van der Waals surface area contributed by atoms with E-state index in [0.29, 0.717) is 40.4 Å². The number of aromatic nitrogens is 1. The number of hydrogen-bond donors (Lipinski definition) is 1. The molecule has 3 aromatic rings. The van der Waals surface area contributed by atoms with Gasteiger partial charge < -0.3 is 15.2 Å². The molecule has 3 N–H and O–H groups in total. The van der Waals surface area contributed by atoms with Crippen molar-refractivity contribution >= 4 is 40.7 Å². The van der Waals surface area contributed by atoms with E-state index in [2.05, 4.69) is 10.7 Å². The van der Waals surface area contributed by atoms with E-state index in [9.17, 15) is 22.8 Å². The van der Waals surface area contributed by atoms with Gasteiger partial charge in [0.2, 0.25) is 5.88 Å². The van der Waals surface area contributed by atoms with Gasteiger partial charge in [-0.15, -0.1) is 0 Å². The Morgan fingerprint density at radius 3 is 2.34 bits per heavy atom. The van der Waals surface area contributed by atoms with E-state index in [1.807, 2.05) is 0 Å². The molecule has 2 aliphatic carbocycles. The first kappa shape index (κ1) is 29.1. The maximum atomic E-state index is 14.2. The van der Waals surface area contributed by atoms with Crippen LogP contribution in [-0.2, 0) is 15.7 Å². The Morgan fingerprint density at radius 1 is 1.02 bits per heavy atom. The fourth-order valence-corrected chi connectivity index (χ4v) is 5.59. The van der Waals surface area contributed by atoms with Crippen LogP contribution in [0.1, 0.15) is 63.8 Å². The summed E-state index contributed by atoms with van der Waals surface area (Å²) in [5, 5.41) is 0.586. The van der Waals surface area contributed by atoms with Crippen molar-refractivity contribution in [1.82, 2.24) is 4.98 Å². The standard InChI is InChI=1S/C30H25Cl2F3N2O4/c1-40-29(39)17-5-2-4-16(12-17)19-13-20(19)18-10-11-24(37-28(18)30(33,34)35)41-14-21(27(38)15-8-9-15)26(36)25-22(31)6-3-7-23(25)32/h2-7,10-12,15,19-20H,8-9,13-14,36H2,1H3/p+1. The van der Waals surface area contributed by atoms with Gasteiger partial charge in [0, 0.05) is 12.0 Å². The number of carbonyl (C=O) groups is 2. The van der Waals surface area contributed by atoms with E-state index < -0.39 is 23.8 Å². The number of pyridine rings is 1. The molecule has 0 bridgehead atoms. The number of rotatable bonds is 9. The van der Waals surface area contributed by atoms with E-state index in [1.54, 1.807) is 42.5 Å². The summed E-state index contributed by atoms with van der Waals surface area (Å²) in [6, 6.07) is 14.3. The van der Waals surface area contributed by atoms with Crippen molar-refractivity contribution in [2.75, 3.05) is 13.7 Å². The lowest BCUT2D eigenvalue weighted by atomic mass is 10.0. The Hall–Kier alpha value is -3.40. The number of ketones is 1. The molecule has 0 amide bonds. The van der Waals surface area contributed by atoms with Crippen LogP contribution in [0.2, 0.25) is 10.0 Å². The second kappa shape index (κ2) is 11.5. The van der Waals surface area contributed by atoms with Crippen LogP contribution in [0, 0.1) is 5.92 Å². The lowest BCUT2D eigenvalue weighted by molar-refractivity contribution is -0.245.